The second-order valence-corrected chi connectivity index (χ2v) is 7.90. The van der Waals surface area contributed by atoms with Gasteiger partial charge in [-0.1, -0.05) is 57.8 Å². The number of allylic oxidation sites excluding steroid dienone is 3. The second-order valence-electron chi connectivity index (χ2n) is 7.90. The molecule has 0 aromatic rings. The van der Waals surface area contributed by atoms with Gasteiger partial charge in [0.2, 0.25) is 0 Å². The molecule has 1 unspecified atom stereocenters. The number of hydrogen-bond donors (Lipinski definition) is 1. The van der Waals surface area contributed by atoms with E-state index in [0.29, 0.717) is 25.0 Å². The van der Waals surface area contributed by atoms with Gasteiger partial charge in [0.1, 0.15) is 5.78 Å². The first kappa shape index (κ1) is 24.5. The van der Waals surface area contributed by atoms with Gasteiger partial charge in [-0.3, -0.25) is 4.79 Å². The zero-order chi connectivity index (χ0) is 20.9. The number of halogens is 1. The Labute approximate surface area is 169 Å². The number of aliphatic hydroxyl groups is 1. The Morgan fingerprint density at radius 1 is 1.32 bits per heavy atom. The topological polar surface area (TPSA) is 63.6 Å². The smallest absolute Gasteiger partial charge is 0.334 e. The van der Waals surface area contributed by atoms with Crippen LogP contribution in [0.5, 0.6) is 0 Å². The van der Waals surface area contributed by atoms with E-state index in [1.807, 2.05) is 6.08 Å². The molecule has 160 valence electrons. The highest BCUT2D eigenvalue weighted by atomic mass is 19.1. The quantitative estimate of drug-likeness (QED) is 0.246. The zero-order valence-electron chi connectivity index (χ0n) is 17.5. The monoisotopic (exact) mass is 396 g/mol. The van der Waals surface area contributed by atoms with E-state index in [9.17, 15) is 19.1 Å². The number of Topliss-reactive ketones (excluding diaryl/α,β-unsaturated/α-hetero) is 1. The fourth-order valence-corrected chi connectivity index (χ4v) is 3.94. The summed E-state index contributed by atoms with van der Waals surface area (Å²) in [4.78, 5) is 23.4. The molecule has 0 radical (unpaired) electrons. The third-order valence-electron chi connectivity index (χ3n) is 5.77. The molecule has 0 spiro atoms. The maximum Gasteiger partial charge on any atom is 0.334 e. The van der Waals surface area contributed by atoms with Crippen molar-refractivity contribution in [2.75, 3.05) is 7.11 Å². The molecule has 0 saturated heterocycles. The lowest BCUT2D eigenvalue weighted by Gasteiger charge is -2.16. The summed E-state index contributed by atoms with van der Waals surface area (Å²) in [6.07, 6.45) is 11.8. The molecule has 1 aliphatic carbocycles. The van der Waals surface area contributed by atoms with Gasteiger partial charge in [-0.2, -0.15) is 0 Å². The Kier molecular flexibility index (Phi) is 12.0. The van der Waals surface area contributed by atoms with Crippen molar-refractivity contribution in [1.29, 1.82) is 0 Å². The molecule has 0 aliphatic heterocycles. The Hall–Kier alpha value is -1.49. The minimum absolute atomic E-state index is 0.0458. The van der Waals surface area contributed by atoms with Crippen LogP contribution in [-0.4, -0.2) is 30.1 Å². The van der Waals surface area contributed by atoms with E-state index in [4.69, 9.17) is 0 Å². The number of ether oxygens (including phenoxy) is 1. The van der Waals surface area contributed by atoms with Crippen molar-refractivity contribution in [2.24, 2.45) is 17.8 Å². The average Bonchev–Trinajstić information content (AvgIpc) is 3.02. The lowest BCUT2D eigenvalue weighted by Crippen LogP contribution is -2.21. The van der Waals surface area contributed by atoms with E-state index in [1.54, 1.807) is 0 Å². The minimum Gasteiger partial charge on any atom is -0.467 e. The number of unbranched alkanes of at least 4 members (excludes halogenated alkanes) is 3. The van der Waals surface area contributed by atoms with Crippen LogP contribution in [0.25, 0.3) is 0 Å². The number of hydrogen-bond acceptors (Lipinski definition) is 4. The van der Waals surface area contributed by atoms with Crippen molar-refractivity contribution in [1.82, 2.24) is 0 Å². The molecule has 0 aromatic carbocycles. The second kappa shape index (κ2) is 13.6. The van der Waals surface area contributed by atoms with E-state index >= 15 is 0 Å². The Balaban J connectivity index is 2.39. The van der Waals surface area contributed by atoms with E-state index in [1.165, 1.54) is 7.11 Å². The molecule has 0 aromatic heterocycles. The molecule has 0 heterocycles. The predicted octanol–water partition coefficient (Wildman–Crippen LogP) is 5.30. The van der Waals surface area contributed by atoms with Crippen LogP contribution in [0.2, 0.25) is 0 Å². The Morgan fingerprint density at radius 3 is 2.71 bits per heavy atom. The SMILES string of the molecule is C=C(F)[C@H](CC=C[C@H]1CCC(=O)[C@@H]1CCCCCC(O)C(=O)OC)CCCC. The number of carbonyl (C=O) groups excluding carboxylic acids is 2. The molecule has 28 heavy (non-hydrogen) atoms. The summed E-state index contributed by atoms with van der Waals surface area (Å²) < 4.78 is 18.1. The van der Waals surface area contributed by atoms with E-state index < -0.39 is 12.1 Å². The van der Waals surface area contributed by atoms with Crippen LogP contribution >= 0.6 is 0 Å². The summed E-state index contributed by atoms with van der Waals surface area (Å²) in [7, 11) is 1.26. The van der Waals surface area contributed by atoms with Crippen LogP contribution in [0.3, 0.4) is 0 Å². The first-order chi connectivity index (χ1) is 13.4. The summed E-state index contributed by atoms with van der Waals surface area (Å²) >= 11 is 0. The number of rotatable bonds is 14. The van der Waals surface area contributed by atoms with Gasteiger partial charge in [0.15, 0.2) is 6.10 Å². The van der Waals surface area contributed by atoms with Gasteiger partial charge in [0, 0.05) is 18.3 Å². The number of aliphatic hydroxyl groups excluding tert-OH is 1. The number of ketones is 1. The summed E-state index contributed by atoms with van der Waals surface area (Å²) in [6, 6.07) is 0. The van der Waals surface area contributed by atoms with Gasteiger partial charge in [0.05, 0.1) is 12.9 Å². The predicted molar refractivity (Wildman–Crippen MR) is 109 cm³/mol. The van der Waals surface area contributed by atoms with Crippen LogP contribution in [0.4, 0.5) is 4.39 Å². The largest absolute Gasteiger partial charge is 0.467 e. The molecule has 1 rings (SSSR count). The normalized spacial score (nSPS) is 21.8. The maximum atomic E-state index is 13.6. The van der Waals surface area contributed by atoms with Crippen LogP contribution in [0.1, 0.15) is 77.6 Å². The van der Waals surface area contributed by atoms with E-state index in [-0.39, 0.29) is 23.6 Å². The van der Waals surface area contributed by atoms with Crippen LogP contribution in [-0.2, 0) is 14.3 Å². The fourth-order valence-electron chi connectivity index (χ4n) is 3.94. The average molecular weight is 397 g/mol. The number of esters is 1. The third-order valence-corrected chi connectivity index (χ3v) is 5.77. The molecule has 1 aliphatic rings. The van der Waals surface area contributed by atoms with Gasteiger partial charge in [-0.25, -0.2) is 9.18 Å². The summed E-state index contributed by atoms with van der Waals surface area (Å²) in [5, 5.41) is 9.58. The Bertz CT molecular complexity index is 529. The molecular weight excluding hydrogens is 359 g/mol. The van der Waals surface area contributed by atoms with Crippen molar-refractivity contribution in [2.45, 2.75) is 83.7 Å². The van der Waals surface area contributed by atoms with Crippen LogP contribution in [0, 0.1) is 17.8 Å². The first-order valence-electron chi connectivity index (χ1n) is 10.7. The van der Waals surface area contributed by atoms with E-state index in [2.05, 4.69) is 24.3 Å². The molecule has 1 N–H and O–H groups in total. The molecule has 1 fully saturated rings. The van der Waals surface area contributed by atoms with Crippen LogP contribution in [0.15, 0.2) is 24.6 Å². The van der Waals surface area contributed by atoms with Gasteiger partial charge in [-0.05, 0) is 38.0 Å². The summed E-state index contributed by atoms with van der Waals surface area (Å²) in [5.41, 5.74) is 0. The third kappa shape index (κ3) is 8.68. The van der Waals surface area contributed by atoms with Crippen molar-refractivity contribution in [3.05, 3.63) is 24.6 Å². The van der Waals surface area contributed by atoms with Crippen LogP contribution < -0.4 is 0 Å². The number of methoxy groups -OCH3 is 1. The standard InChI is InChI=1S/C23H37FO4/c1-4-5-10-18(17(2)24)11-9-12-19-15-16-21(25)20(19)13-7-6-8-14-22(26)23(27)28-3/h9,12,18-20,22,26H,2,4-8,10-11,13-16H2,1,3H3/t18-,19-,20+,22?/m0/s1. The molecule has 1 saturated carbocycles. The highest BCUT2D eigenvalue weighted by molar-refractivity contribution is 5.83. The molecular formula is C23H37FO4. The molecule has 4 atom stereocenters. The number of carbonyl (C=O) groups is 2. The lowest BCUT2D eigenvalue weighted by molar-refractivity contribution is -0.150. The van der Waals surface area contributed by atoms with E-state index in [0.717, 1.165) is 51.4 Å². The van der Waals surface area contributed by atoms with Gasteiger partial charge >= 0.3 is 5.97 Å². The lowest BCUT2D eigenvalue weighted by atomic mass is 9.88. The van der Waals surface area contributed by atoms with Gasteiger partial charge in [-0.15, -0.1) is 0 Å². The summed E-state index contributed by atoms with van der Waals surface area (Å²) in [5.74, 6) is -0.345. The highest BCUT2D eigenvalue weighted by Crippen LogP contribution is 2.34. The zero-order valence-corrected chi connectivity index (χ0v) is 17.5. The van der Waals surface area contributed by atoms with Gasteiger partial charge in [0.25, 0.3) is 0 Å². The first-order valence-corrected chi connectivity index (χ1v) is 10.7. The molecule has 5 heteroatoms. The molecule has 0 bridgehead atoms. The highest BCUT2D eigenvalue weighted by Gasteiger charge is 2.32. The van der Waals surface area contributed by atoms with Gasteiger partial charge < -0.3 is 9.84 Å². The fraction of sp³-hybridized carbons (Fsp3) is 0.739. The van der Waals surface area contributed by atoms with Crippen molar-refractivity contribution < 1.29 is 23.8 Å². The summed E-state index contributed by atoms with van der Waals surface area (Å²) in [6.45, 7) is 5.57. The van der Waals surface area contributed by atoms with Crippen molar-refractivity contribution in [3.63, 3.8) is 0 Å². The van der Waals surface area contributed by atoms with Crippen molar-refractivity contribution >= 4 is 11.8 Å². The molecule has 4 nitrogen and oxygen atoms in total. The maximum absolute atomic E-state index is 13.6. The Morgan fingerprint density at radius 2 is 2.07 bits per heavy atom. The minimum atomic E-state index is -1.06. The molecule has 0 amide bonds. The van der Waals surface area contributed by atoms with Crippen molar-refractivity contribution in [3.8, 4) is 0 Å².